The molecule has 6 heteroatoms. The van der Waals surface area contributed by atoms with Crippen LogP contribution in [0, 0.1) is 0 Å². The van der Waals surface area contributed by atoms with E-state index >= 15 is 0 Å². The first-order valence-electron chi connectivity index (χ1n) is 9.81. The molecule has 0 amide bonds. The van der Waals surface area contributed by atoms with Gasteiger partial charge in [0.25, 0.3) is 5.56 Å². The second kappa shape index (κ2) is 8.71. The van der Waals surface area contributed by atoms with Crippen molar-refractivity contribution in [1.82, 2.24) is 9.55 Å². The highest BCUT2D eigenvalue weighted by molar-refractivity contribution is 7.99. The molecule has 152 valence electrons. The van der Waals surface area contributed by atoms with Crippen LogP contribution in [0.5, 0.6) is 0 Å². The Morgan fingerprint density at radius 3 is 2.53 bits per heavy atom. The molecule has 0 aliphatic heterocycles. The van der Waals surface area contributed by atoms with Crippen molar-refractivity contribution in [2.24, 2.45) is 0 Å². The fourth-order valence-electron chi connectivity index (χ4n) is 3.22. The van der Waals surface area contributed by atoms with Crippen molar-refractivity contribution in [1.29, 1.82) is 0 Å². The van der Waals surface area contributed by atoms with Crippen LogP contribution in [0.4, 0.5) is 0 Å². The molecule has 0 saturated heterocycles. The number of aromatic nitrogens is 2. The number of para-hydroxylation sites is 1. The van der Waals surface area contributed by atoms with Gasteiger partial charge >= 0.3 is 0 Å². The van der Waals surface area contributed by atoms with Gasteiger partial charge in [0.05, 0.1) is 29.5 Å². The average Bonchev–Trinajstić information content (AvgIpc) is 3.27. The number of ketones is 1. The summed E-state index contributed by atoms with van der Waals surface area (Å²) in [4.78, 5) is 30.4. The number of Topliss-reactive ketones (excluding diaryl/α,β-unsaturated/α-hetero) is 1. The Morgan fingerprint density at radius 1 is 1.07 bits per heavy atom. The van der Waals surface area contributed by atoms with Crippen LogP contribution in [0.25, 0.3) is 10.9 Å². The number of fused-ring (bicyclic) bond motifs is 1. The molecule has 0 bridgehead atoms. The van der Waals surface area contributed by atoms with Crippen molar-refractivity contribution in [2.75, 3.05) is 5.75 Å². The largest absolute Gasteiger partial charge is 0.467 e. The number of hydrogen-bond acceptors (Lipinski definition) is 5. The third-order valence-electron chi connectivity index (χ3n) is 4.95. The highest BCUT2D eigenvalue weighted by atomic mass is 32.2. The fourth-order valence-corrected chi connectivity index (χ4v) is 4.12. The van der Waals surface area contributed by atoms with Gasteiger partial charge < -0.3 is 4.42 Å². The van der Waals surface area contributed by atoms with Crippen LogP contribution < -0.4 is 5.56 Å². The Balaban J connectivity index is 1.62. The maximum absolute atomic E-state index is 13.1. The van der Waals surface area contributed by atoms with E-state index in [4.69, 9.17) is 4.42 Å². The van der Waals surface area contributed by atoms with E-state index in [1.165, 1.54) is 17.3 Å². The number of furan rings is 1. The van der Waals surface area contributed by atoms with E-state index in [1.807, 2.05) is 48.5 Å². The zero-order chi connectivity index (χ0) is 21.1. The predicted octanol–water partition coefficient (Wildman–Crippen LogP) is 5.14. The van der Waals surface area contributed by atoms with Crippen molar-refractivity contribution in [3.05, 3.63) is 94.2 Å². The first-order chi connectivity index (χ1) is 14.5. The molecule has 0 aliphatic carbocycles. The molecule has 0 saturated carbocycles. The van der Waals surface area contributed by atoms with Crippen LogP contribution in [0.3, 0.4) is 0 Å². The minimum absolute atomic E-state index is 0.00209. The van der Waals surface area contributed by atoms with Gasteiger partial charge in [-0.1, -0.05) is 62.0 Å². The van der Waals surface area contributed by atoms with Crippen LogP contribution in [0.15, 0.2) is 81.3 Å². The number of hydrogen-bond donors (Lipinski definition) is 0. The maximum Gasteiger partial charge on any atom is 0.262 e. The van der Waals surface area contributed by atoms with Crippen molar-refractivity contribution in [3.63, 3.8) is 0 Å². The van der Waals surface area contributed by atoms with E-state index in [0.717, 1.165) is 0 Å². The van der Waals surface area contributed by atoms with Gasteiger partial charge in [-0.2, -0.15) is 0 Å². The summed E-state index contributed by atoms with van der Waals surface area (Å²) in [6.45, 7) is 4.51. The molecule has 0 unspecified atom stereocenters. The Labute approximate surface area is 178 Å². The monoisotopic (exact) mass is 418 g/mol. The summed E-state index contributed by atoms with van der Waals surface area (Å²) < 4.78 is 6.99. The van der Waals surface area contributed by atoms with E-state index in [1.54, 1.807) is 23.0 Å². The highest BCUT2D eigenvalue weighted by Crippen LogP contribution is 2.21. The number of thioether (sulfide) groups is 1. The Hall–Kier alpha value is -3.12. The molecule has 0 fully saturated rings. The van der Waals surface area contributed by atoms with Gasteiger partial charge in [-0.3, -0.25) is 14.2 Å². The quantitative estimate of drug-likeness (QED) is 0.236. The number of carbonyl (C=O) groups excluding carboxylic acids is 1. The molecule has 2 heterocycles. The molecule has 5 nitrogen and oxygen atoms in total. The van der Waals surface area contributed by atoms with Gasteiger partial charge in [-0.15, -0.1) is 0 Å². The zero-order valence-corrected chi connectivity index (χ0v) is 17.7. The molecule has 30 heavy (non-hydrogen) atoms. The fraction of sp³-hybridized carbons (Fsp3) is 0.208. The van der Waals surface area contributed by atoms with Crippen LogP contribution in [-0.2, 0) is 6.54 Å². The predicted molar refractivity (Wildman–Crippen MR) is 119 cm³/mol. The molecule has 0 atom stereocenters. The summed E-state index contributed by atoms with van der Waals surface area (Å²) in [5, 5.41) is 1.05. The second-order valence-electron chi connectivity index (χ2n) is 7.37. The smallest absolute Gasteiger partial charge is 0.262 e. The van der Waals surface area contributed by atoms with Gasteiger partial charge in [0.2, 0.25) is 0 Å². The lowest BCUT2D eigenvalue weighted by Gasteiger charge is -2.12. The van der Waals surface area contributed by atoms with Crippen molar-refractivity contribution >= 4 is 28.4 Å². The van der Waals surface area contributed by atoms with Crippen molar-refractivity contribution < 1.29 is 9.21 Å². The Morgan fingerprint density at radius 2 is 1.83 bits per heavy atom. The topological polar surface area (TPSA) is 65.1 Å². The summed E-state index contributed by atoms with van der Waals surface area (Å²) in [7, 11) is 0. The minimum atomic E-state index is -0.145. The van der Waals surface area contributed by atoms with Crippen molar-refractivity contribution in [3.8, 4) is 0 Å². The summed E-state index contributed by atoms with van der Waals surface area (Å²) in [6, 6.07) is 18.5. The van der Waals surface area contributed by atoms with Crippen LogP contribution >= 0.6 is 11.8 Å². The molecule has 0 N–H and O–H groups in total. The molecule has 0 radical (unpaired) electrons. The third kappa shape index (κ3) is 4.24. The summed E-state index contributed by atoms with van der Waals surface area (Å²) >= 11 is 1.27. The average molecular weight is 419 g/mol. The number of rotatable bonds is 7. The highest BCUT2D eigenvalue weighted by Gasteiger charge is 2.15. The summed E-state index contributed by atoms with van der Waals surface area (Å²) in [5.74, 6) is 1.28. The first-order valence-corrected chi connectivity index (χ1v) is 10.8. The Bertz CT molecular complexity index is 1230. The lowest BCUT2D eigenvalue weighted by molar-refractivity contribution is 0.102. The zero-order valence-electron chi connectivity index (χ0n) is 16.9. The maximum atomic E-state index is 13.1. The minimum Gasteiger partial charge on any atom is -0.467 e. The molecular weight excluding hydrogens is 396 g/mol. The summed E-state index contributed by atoms with van der Waals surface area (Å²) in [6.07, 6.45) is 1.58. The van der Waals surface area contributed by atoms with Gasteiger partial charge in [-0.05, 0) is 35.7 Å². The van der Waals surface area contributed by atoms with E-state index in [2.05, 4.69) is 18.8 Å². The number of carbonyl (C=O) groups is 1. The first kappa shape index (κ1) is 20.2. The lowest BCUT2D eigenvalue weighted by Crippen LogP contribution is -2.24. The molecule has 0 spiro atoms. The standard InChI is InChI=1S/C24H22N2O3S/c1-16(2)17-9-11-18(12-10-17)22(27)15-30-24-25-21-8-4-3-7-20(21)23(28)26(24)14-19-6-5-13-29-19/h3-13,16H,14-15H2,1-2H3. The van der Waals surface area contributed by atoms with Crippen LogP contribution in [-0.4, -0.2) is 21.1 Å². The molecule has 0 aliphatic rings. The summed E-state index contributed by atoms with van der Waals surface area (Å²) in [5.41, 5.74) is 2.33. The molecule has 4 rings (SSSR count). The van der Waals surface area contributed by atoms with E-state index in [-0.39, 0.29) is 23.6 Å². The lowest BCUT2D eigenvalue weighted by atomic mass is 10.0. The second-order valence-corrected chi connectivity index (χ2v) is 8.31. The molecule has 4 aromatic rings. The van der Waals surface area contributed by atoms with E-state index in [0.29, 0.717) is 33.3 Å². The van der Waals surface area contributed by atoms with Gasteiger partial charge in [-0.25, -0.2) is 4.98 Å². The van der Waals surface area contributed by atoms with Gasteiger partial charge in [0, 0.05) is 5.56 Å². The molecular formula is C24H22N2O3S. The number of benzene rings is 2. The van der Waals surface area contributed by atoms with E-state index < -0.39 is 0 Å². The van der Waals surface area contributed by atoms with Crippen LogP contribution in [0.1, 0.15) is 41.4 Å². The Kier molecular flexibility index (Phi) is 5.86. The van der Waals surface area contributed by atoms with Crippen molar-refractivity contribution in [2.45, 2.75) is 31.5 Å². The third-order valence-corrected chi connectivity index (χ3v) is 5.93. The SMILES string of the molecule is CC(C)c1ccc(C(=O)CSc2nc3ccccc3c(=O)n2Cc2ccco2)cc1. The normalized spacial score (nSPS) is 11.3. The molecule has 2 aromatic heterocycles. The van der Waals surface area contributed by atoms with Gasteiger partial charge in [0.15, 0.2) is 10.9 Å². The van der Waals surface area contributed by atoms with E-state index in [9.17, 15) is 9.59 Å². The van der Waals surface area contributed by atoms with Gasteiger partial charge in [0.1, 0.15) is 5.76 Å². The number of nitrogens with zero attached hydrogens (tertiary/aromatic N) is 2. The van der Waals surface area contributed by atoms with Crippen LogP contribution in [0.2, 0.25) is 0 Å². The molecule has 2 aromatic carbocycles.